The van der Waals surface area contributed by atoms with Gasteiger partial charge in [-0.15, -0.1) is 0 Å². The molecule has 128 valence electrons. The van der Waals surface area contributed by atoms with Crippen molar-refractivity contribution in [1.82, 2.24) is 14.8 Å². The summed E-state index contributed by atoms with van der Waals surface area (Å²) in [4.78, 5) is 42.8. The van der Waals surface area contributed by atoms with Crippen LogP contribution in [0.15, 0.2) is 23.1 Å². The lowest BCUT2D eigenvalue weighted by Gasteiger charge is -2.34. The third kappa shape index (κ3) is 1.97. The van der Waals surface area contributed by atoms with Crippen LogP contribution in [0.2, 0.25) is 0 Å². The molecule has 3 aliphatic heterocycles. The molecular formula is C17H21N3O4. The van der Waals surface area contributed by atoms with Gasteiger partial charge in [0.2, 0.25) is 11.5 Å². The summed E-state index contributed by atoms with van der Waals surface area (Å²) < 4.78 is 6.12. The van der Waals surface area contributed by atoms with Gasteiger partial charge >= 0.3 is 0 Å². The number of hydrogen-bond donors (Lipinski definition) is 1. The topological polar surface area (TPSA) is 82.7 Å². The van der Waals surface area contributed by atoms with Gasteiger partial charge in [-0.05, 0) is 12.0 Å². The van der Waals surface area contributed by atoms with E-state index in [1.165, 1.54) is 18.3 Å². The summed E-state index contributed by atoms with van der Waals surface area (Å²) in [6.45, 7) is 5.26. The van der Waals surface area contributed by atoms with E-state index in [2.05, 4.69) is 18.8 Å². The highest BCUT2D eigenvalue weighted by Gasteiger charge is 2.65. The van der Waals surface area contributed by atoms with Crippen LogP contribution in [-0.4, -0.2) is 57.6 Å². The zero-order valence-electron chi connectivity index (χ0n) is 13.8. The van der Waals surface area contributed by atoms with Crippen molar-refractivity contribution >= 4 is 11.8 Å². The highest BCUT2D eigenvalue weighted by Crippen LogP contribution is 2.49. The molecule has 1 aromatic heterocycles. The van der Waals surface area contributed by atoms with Gasteiger partial charge in [0.1, 0.15) is 0 Å². The molecule has 7 heteroatoms. The van der Waals surface area contributed by atoms with Gasteiger partial charge < -0.3 is 19.5 Å². The third-order valence-electron chi connectivity index (χ3n) is 5.55. The van der Waals surface area contributed by atoms with Gasteiger partial charge in [-0.25, -0.2) is 0 Å². The van der Waals surface area contributed by atoms with Crippen molar-refractivity contribution in [3.8, 4) is 0 Å². The van der Waals surface area contributed by atoms with E-state index in [-0.39, 0.29) is 29.5 Å². The predicted octanol–water partition coefficient (Wildman–Crippen LogP) is 0.573. The average molecular weight is 331 g/mol. The number of aromatic nitrogens is 1. The molecule has 0 bridgehead atoms. The van der Waals surface area contributed by atoms with Crippen molar-refractivity contribution in [2.75, 3.05) is 13.2 Å². The minimum absolute atomic E-state index is 0.0650. The Balaban J connectivity index is 1.64. The molecule has 0 saturated carbocycles. The fraction of sp³-hybridized carbons (Fsp3) is 0.588. The summed E-state index contributed by atoms with van der Waals surface area (Å²) in [7, 11) is 0. The Hall–Kier alpha value is -2.15. The second-order valence-corrected chi connectivity index (χ2v) is 7.14. The molecule has 4 heterocycles. The average Bonchev–Trinajstić information content (AvgIpc) is 3.17. The zero-order chi connectivity index (χ0) is 17.1. The maximum absolute atomic E-state index is 12.8. The van der Waals surface area contributed by atoms with Crippen LogP contribution >= 0.6 is 0 Å². The van der Waals surface area contributed by atoms with E-state index in [4.69, 9.17) is 4.74 Å². The van der Waals surface area contributed by atoms with Gasteiger partial charge in [0.25, 0.3) is 5.91 Å². The Morgan fingerprint density at radius 2 is 2.17 bits per heavy atom. The van der Waals surface area contributed by atoms with Crippen LogP contribution in [0.3, 0.4) is 0 Å². The van der Waals surface area contributed by atoms with Crippen molar-refractivity contribution in [3.05, 3.63) is 34.2 Å². The van der Waals surface area contributed by atoms with Crippen molar-refractivity contribution < 1.29 is 14.3 Å². The lowest BCUT2D eigenvalue weighted by Crippen LogP contribution is -2.51. The molecule has 1 aromatic rings. The lowest BCUT2D eigenvalue weighted by molar-refractivity contribution is -0.139. The number of carbonyl (C=O) groups is 2. The molecule has 0 radical (unpaired) electrons. The van der Waals surface area contributed by atoms with Crippen molar-refractivity contribution in [3.63, 3.8) is 0 Å². The van der Waals surface area contributed by atoms with Gasteiger partial charge in [0.05, 0.1) is 30.7 Å². The smallest absolute Gasteiger partial charge is 0.255 e. The molecule has 1 spiro atoms. The molecule has 24 heavy (non-hydrogen) atoms. The molecule has 3 fully saturated rings. The van der Waals surface area contributed by atoms with Crippen LogP contribution in [0.4, 0.5) is 0 Å². The molecule has 7 nitrogen and oxygen atoms in total. The van der Waals surface area contributed by atoms with E-state index < -0.39 is 5.72 Å². The minimum atomic E-state index is -0.663. The number of ether oxygens (including phenoxy) is 1. The van der Waals surface area contributed by atoms with E-state index in [9.17, 15) is 14.4 Å². The van der Waals surface area contributed by atoms with E-state index in [1.807, 2.05) is 4.90 Å². The first-order valence-electron chi connectivity index (χ1n) is 8.40. The van der Waals surface area contributed by atoms with E-state index in [0.717, 1.165) is 0 Å². The molecule has 2 amide bonds. The molecule has 0 aliphatic carbocycles. The second kappa shape index (κ2) is 5.17. The molecular weight excluding hydrogens is 310 g/mol. The van der Waals surface area contributed by atoms with Gasteiger partial charge in [0, 0.05) is 25.2 Å². The van der Waals surface area contributed by atoms with Crippen molar-refractivity contribution in [2.24, 2.45) is 5.92 Å². The molecule has 3 aliphatic rings. The first kappa shape index (κ1) is 15.4. The fourth-order valence-electron chi connectivity index (χ4n) is 4.32. The summed E-state index contributed by atoms with van der Waals surface area (Å²) in [6.07, 6.45) is 2.37. The molecule has 0 aromatic carbocycles. The number of rotatable bonds is 2. The standard InChI is InChI=1S/C17H21N3O4/c1-10(2)12-9-24-17-5-6-19(13(17)7-15(22)20(12)17)16(23)11-3-4-14(21)18-8-11/h3-4,8,10,12-13H,5-7,9H2,1-2H3,(H,18,21)/t12-,13+,17-/m0/s1. The zero-order valence-corrected chi connectivity index (χ0v) is 13.8. The molecule has 1 N–H and O–H groups in total. The van der Waals surface area contributed by atoms with Crippen LogP contribution in [0.5, 0.6) is 0 Å². The first-order valence-corrected chi connectivity index (χ1v) is 8.40. The van der Waals surface area contributed by atoms with Gasteiger partial charge in [-0.2, -0.15) is 0 Å². The summed E-state index contributed by atoms with van der Waals surface area (Å²) in [6, 6.07) is 2.68. The Morgan fingerprint density at radius 3 is 2.83 bits per heavy atom. The Kier molecular flexibility index (Phi) is 3.32. The van der Waals surface area contributed by atoms with Crippen LogP contribution in [0, 0.1) is 5.92 Å². The largest absolute Gasteiger partial charge is 0.351 e. The van der Waals surface area contributed by atoms with Gasteiger partial charge in [-0.1, -0.05) is 13.8 Å². The highest BCUT2D eigenvalue weighted by molar-refractivity contribution is 5.95. The Labute approximate surface area is 139 Å². The highest BCUT2D eigenvalue weighted by atomic mass is 16.5. The first-order chi connectivity index (χ1) is 11.4. The second-order valence-electron chi connectivity index (χ2n) is 7.14. The number of nitrogens with zero attached hydrogens (tertiary/aromatic N) is 2. The predicted molar refractivity (Wildman–Crippen MR) is 85.3 cm³/mol. The number of aromatic amines is 1. The SMILES string of the molecule is CC(C)[C@@H]1CO[C@@]23CCN(C(=O)c4ccc(=O)[nH]c4)[C@@H]2CC(=O)N13. The quantitative estimate of drug-likeness (QED) is 0.859. The van der Waals surface area contributed by atoms with E-state index in [0.29, 0.717) is 37.5 Å². The van der Waals surface area contributed by atoms with Crippen LogP contribution in [0.1, 0.15) is 37.0 Å². The van der Waals surface area contributed by atoms with Crippen LogP contribution in [-0.2, 0) is 9.53 Å². The van der Waals surface area contributed by atoms with Crippen LogP contribution in [0.25, 0.3) is 0 Å². The monoisotopic (exact) mass is 331 g/mol. The van der Waals surface area contributed by atoms with E-state index in [1.54, 1.807) is 4.90 Å². The van der Waals surface area contributed by atoms with Crippen LogP contribution < -0.4 is 5.56 Å². The van der Waals surface area contributed by atoms with Crippen molar-refractivity contribution in [1.29, 1.82) is 0 Å². The molecule has 4 rings (SSSR count). The number of likely N-dealkylation sites (tertiary alicyclic amines) is 1. The van der Waals surface area contributed by atoms with Gasteiger partial charge in [-0.3, -0.25) is 14.4 Å². The molecule has 3 atom stereocenters. The van der Waals surface area contributed by atoms with Gasteiger partial charge in [0.15, 0.2) is 5.72 Å². The Bertz CT molecular complexity index is 738. The summed E-state index contributed by atoms with van der Waals surface area (Å²) >= 11 is 0. The number of amides is 2. The normalized spacial score (nSPS) is 31.7. The minimum Gasteiger partial charge on any atom is -0.351 e. The number of pyridine rings is 1. The lowest BCUT2D eigenvalue weighted by atomic mass is 10.0. The summed E-state index contributed by atoms with van der Waals surface area (Å²) in [5.41, 5.74) is -0.481. The fourth-order valence-corrected chi connectivity index (χ4v) is 4.32. The maximum atomic E-state index is 12.8. The number of nitrogens with one attached hydrogen (secondary N) is 1. The van der Waals surface area contributed by atoms with Crippen molar-refractivity contribution in [2.45, 2.75) is 44.5 Å². The third-order valence-corrected chi connectivity index (χ3v) is 5.55. The number of carbonyl (C=O) groups excluding carboxylic acids is 2. The number of H-pyrrole nitrogens is 1. The summed E-state index contributed by atoms with van der Waals surface area (Å²) in [5, 5.41) is 0. The summed E-state index contributed by atoms with van der Waals surface area (Å²) in [5.74, 6) is 0.213. The number of hydrogen-bond acceptors (Lipinski definition) is 4. The molecule has 0 unspecified atom stereocenters. The Morgan fingerprint density at radius 1 is 1.38 bits per heavy atom. The maximum Gasteiger partial charge on any atom is 0.255 e. The van der Waals surface area contributed by atoms with E-state index >= 15 is 0 Å². The molecule has 3 saturated heterocycles.